The molecular weight excluding hydrogens is 626 g/mol. The van der Waals surface area contributed by atoms with Crippen LogP contribution in [0, 0.1) is 30.6 Å². The molecule has 5 atom stereocenters. The monoisotopic (exact) mass is 673 g/mol. The van der Waals surface area contributed by atoms with Gasteiger partial charge in [0.1, 0.15) is 5.71 Å². The number of halogens is 1. The fraction of sp³-hybridized carbons (Fsp3) is 0.450. The Hall–Kier alpha value is -3.22. The third kappa shape index (κ3) is 9.67. The molecule has 7 heteroatoms. The highest BCUT2D eigenvalue weighted by atomic mass is 35.5. The van der Waals surface area contributed by atoms with Crippen LogP contribution in [0.2, 0.25) is 0 Å². The molecule has 0 N–H and O–H groups in total. The Labute approximate surface area is 290 Å². The second-order valence-electron chi connectivity index (χ2n) is 13.0. The van der Waals surface area contributed by atoms with E-state index in [0.29, 0.717) is 42.4 Å². The van der Waals surface area contributed by atoms with Crippen molar-refractivity contribution in [3.8, 4) is 0 Å². The fourth-order valence-electron chi connectivity index (χ4n) is 6.65. The van der Waals surface area contributed by atoms with Gasteiger partial charge in [0.25, 0.3) is 0 Å². The lowest BCUT2D eigenvalue weighted by Crippen LogP contribution is -2.28. The van der Waals surface area contributed by atoms with Gasteiger partial charge in [-0.15, -0.1) is 0 Å². The molecular formula is C40H48ClNO4S. The molecule has 4 rings (SSSR count). The molecule has 0 saturated heterocycles. The molecule has 0 saturated carbocycles. The first-order valence-corrected chi connectivity index (χ1v) is 18.3. The summed E-state index contributed by atoms with van der Waals surface area (Å²) in [6.45, 7) is 12.3. The fourth-order valence-corrected chi connectivity index (χ4v) is 7.85. The van der Waals surface area contributed by atoms with E-state index in [2.05, 4.69) is 51.1 Å². The molecule has 0 fully saturated rings. The summed E-state index contributed by atoms with van der Waals surface area (Å²) in [7, 11) is 0. The third-order valence-electron chi connectivity index (χ3n) is 9.92. The van der Waals surface area contributed by atoms with Crippen molar-refractivity contribution < 1.29 is 19.2 Å². The van der Waals surface area contributed by atoms with Crippen LogP contribution in [0.25, 0.3) is 0 Å². The molecule has 3 aliphatic rings. The first-order valence-electron chi connectivity index (χ1n) is 16.8. The highest BCUT2D eigenvalue weighted by Crippen LogP contribution is 2.44. The Morgan fingerprint density at radius 3 is 2.47 bits per heavy atom. The van der Waals surface area contributed by atoms with E-state index in [-0.39, 0.29) is 34.4 Å². The minimum atomic E-state index is -0.556. The number of ketones is 2. The van der Waals surface area contributed by atoms with Crippen molar-refractivity contribution in [1.29, 1.82) is 0 Å². The van der Waals surface area contributed by atoms with Gasteiger partial charge in [-0.25, -0.2) is 4.79 Å². The second kappa shape index (κ2) is 17.3. The summed E-state index contributed by atoms with van der Waals surface area (Å²) in [5, 5.41) is 5.04. The third-order valence-corrected chi connectivity index (χ3v) is 11.4. The molecule has 0 aromatic heterocycles. The number of nitrogens with zero attached hydrogens (tertiary/aromatic N) is 1. The lowest BCUT2D eigenvalue weighted by molar-refractivity contribution is -0.140. The number of aryl methyl sites for hydroxylation is 1. The Bertz CT molecular complexity index is 1580. The summed E-state index contributed by atoms with van der Waals surface area (Å²) in [5.74, 6) is 1.22. The Kier molecular flexibility index (Phi) is 13.4. The van der Waals surface area contributed by atoms with Gasteiger partial charge in [0.15, 0.2) is 5.78 Å². The smallest absolute Gasteiger partial charge is 0.318 e. The molecule has 0 bridgehead atoms. The number of carbonyl (C=O) groups excluding carboxylic acids is 3. The molecule has 0 amide bonds. The van der Waals surface area contributed by atoms with Gasteiger partial charge in [0.2, 0.25) is 5.78 Å². The maximum absolute atomic E-state index is 13.9. The maximum atomic E-state index is 13.9. The average Bonchev–Trinajstić information content (AvgIpc) is 3.26. The zero-order chi connectivity index (χ0) is 34.1. The number of rotatable bonds is 13. The number of oxime groups is 1. The van der Waals surface area contributed by atoms with Crippen molar-refractivity contribution in [2.75, 3.05) is 5.75 Å². The molecule has 3 aliphatic carbocycles. The van der Waals surface area contributed by atoms with Crippen LogP contribution in [0.5, 0.6) is 0 Å². The molecule has 0 spiro atoms. The summed E-state index contributed by atoms with van der Waals surface area (Å²) < 4.78 is 0. The number of thioether (sulfide) groups is 1. The van der Waals surface area contributed by atoms with Crippen LogP contribution in [0.3, 0.4) is 0 Å². The number of Topliss-reactive ketones (excluding diaryl/α,β-unsaturated/α-hetero) is 2. The van der Waals surface area contributed by atoms with Crippen LogP contribution in [-0.4, -0.2) is 34.3 Å². The minimum Gasteiger partial charge on any atom is -0.318 e. The van der Waals surface area contributed by atoms with E-state index in [4.69, 9.17) is 16.4 Å². The van der Waals surface area contributed by atoms with E-state index >= 15 is 0 Å². The van der Waals surface area contributed by atoms with E-state index in [9.17, 15) is 14.4 Å². The number of benzene rings is 1. The van der Waals surface area contributed by atoms with Crippen LogP contribution in [0.15, 0.2) is 99.3 Å². The van der Waals surface area contributed by atoms with E-state index in [0.717, 1.165) is 41.0 Å². The van der Waals surface area contributed by atoms with Gasteiger partial charge in [0.05, 0.1) is 0 Å². The summed E-state index contributed by atoms with van der Waals surface area (Å²) >= 11 is 7.79. The minimum absolute atomic E-state index is 0.0934. The molecule has 47 heavy (non-hydrogen) atoms. The lowest BCUT2D eigenvalue weighted by Gasteiger charge is -2.37. The average molecular weight is 674 g/mol. The molecule has 5 unspecified atom stereocenters. The van der Waals surface area contributed by atoms with Crippen molar-refractivity contribution in [2.24, 2.45) is 28.8 Å². The van der Waals surface area contributed by atoms with Gasteiger partial charge in [-0.1, -0.05) is 116 Å². The van der Waals surface area contributed by atoms with Gasteiger partial charge in [-0.3, -0.25) is 9.59 Å². The van der Waals surface area contributed by atoms with Crippen molar-refractivity contribution in [3.63, 3.8) is 0 Å². The van der Waals surface area contributed by atoms with Gasteiger partial charge < -0.3 is 4.84 Å². The molecule has 1 aromatic rings. The van der Waals surface area contributed by atoms with E-state index < -0.39 is 5.97 Å². The zero-order valence-corrected chi connectivity index (χ0v) is 30.1. The number of hydrogen-bond acceptors (Lipinski definition) is 6. The topological polar surface area (TPSA) is 72.8 Å². The molecule has 1 aromatic carbocycles. The summed E-state index contributed by atoms with van der Waals surface area (Å²) in [6, 6.07) is 7.79. The van der Waals surface area contributed by atoms with E-state index in [1.54, 1.807) is 11.8 Å². The van der Waals surface area contributed by atoms with E-state index in [1.807, 2.05) is 55.5 Å². The Morgan fingerprint density at radius 2 is 1.79 bits per heavy atom. The second-order valence-corrected chi connectivity index (χ2v) is 14.8. The zero-order valence-electron chi connectivity index (χ0n) is 28.6. The molecule has 250 valence electrons. The van der Waals surface area contributed by atoms with Crippen molar-refractivity contribution in [1.82, 2.24) is 0 Å². The summed E-state index contributed by atoms with van der Waals surface area (Å²) in [5.41, 5.74) is 6.09. The van der Waals surface area contributed by atoms with Crippen LogP contribution in [0.4, 0.5) is 0 Å². The van der Waals surface area contributed by atoms with Crippen molar-refractivity contribution >= 4 is 46.6 Å². The predicted molar refractivity (Wildman–Crippen MR) is 196 cm³/mol. The molecule has 5 nitrogen and oxygen atoms in total. The Morgan fingerprint density at radius 1 is 1.04 bits per heavy atom. The van der Waals surface area contributed by atoms with Crippen LogP contribution >= 0.6 is 23.4 Å². The maximum Gasteiger partial charge on any atom is 0.331 e. The normalized spacial score (nSPS) is 22.9. The quantitative estimate of drug-likeness (QED) is 0.0902. The number of hydrogen-bond donors (Lipinski definition) is 0. The van der Waals surface area contributed by atoms with Gasteiger partial charge in [-0.2, -0.15) is 11.8 Å². The standard InChI is InChI=1S/C40H48ClNO4S/c1-7-25(2)28(5)36-21-15-31(39(44)35-11-9-8-10-26(35)3)24-37(36)34-20-14-30(13-12-27(34)4)40(45)38(42-46-29(6)43)22-23-47-33-18-16-32(41)17-19-33/h8-13,15-18,21,25,28,33-34,37H,7,14,19-20,22-24H2,1-6H3. The van der Waals surface area contributed by atoms with Gasteiger partial charge >= 0.3 is 5.97 Å². The van der Waals surface area contributed by atoms with Gasteiger partial charge in [0, 0.05) is 40.3 Å². The molecule has 0 radical (unpaired) electrons. The van der Waals surface area contributed by atoms with Crippen molar-refractivity contribution in [2.45, 2.75) is 85.3 Å². The molecule has 0 heterocycles. The first-order chi connectivity index (χ1) is 22.5. The SMILES string of the molecule is CCC(C)C(C)C1=CC=C(C(=O)c2ccccc2C)CC1C1CCC(C(=O)C(CCSC2C=CC(Cl)=CC2)=NOC(C)=O)=CC=C1C. The van der Waals surface area contributed by atoms with Crippen LogP contribution in [-0.2, 0) is 14.4 Å². The van der Waals surface area contributed by atoms with Crippen molar-refractivity contribution in [3.05, 3.63) is 105 Å². The lowest BCUT2D eigenvalue weighted by atomic mass is 9.67. The number of allylic oxidation sites excluding steroid dienone is 11. The first kappa shape index (κ1) is 36.6. The summed E-state index contributed by atoms with van der Waals surface area (Å²) in [4.78, 5) is 44.2. The summed E-state index contributed by atoms with van der Waals surface area (Å²) in [6.07, 6.45) is 18.5. The highest BCUT2D eigenvalue weighted by molar-refractivity contribution is 8.00. The molecule has 0 aliphatic heterocycles. The van der Waals surface area contributed by atoms with Crippen LogP contribution in [0.1, 0.15) is 89.1 Å². The Balaban J connectivity index is 1.53. The largest absolute Gasteiger partial charge is 0.331 e. The van der Waals surface area contributed by atoms with Gasteiger partial charge in [-0.05, 0) is 80.6 Å². The van der Waals surface area contributed by atoms with Crippen LogP contribution < -0.4 is 0 Å². The number of carbonyl (C=O) groups is 3. The predicted octanol–water partition coefficient (Wildman–Crippen LogP) is 10.1. The van der Waals surface area contributed by atoms with E-state index in [1.165, 1.54) is 18.1 Å². The highest BCUT2D eigenvalue weighted by Gasteiger charge is 2.35.